The molecule has 0 saturated carbocycles. The van der Waals surface area contributed by atoms with Gasteiger partial charge in [0.1, 0.15) is 5.01 Å². The highest BCUT2D eigenvalue weighted by atomic mass is 35.5. The maximum absolute atomic E-state index is 11.1. The van der Waals surface area contributed by atoms with Gasteiger partial charge in [-0.15, -0.1) is 22.9 Å². The highest BCUT2D eigenvalue weighted by Crippen LogP contribution is 2.14. The molecule has 0 radical (unpaired) electrons. The second-order valence-corrected chi connectivity index (χ2v) is 4.64. The molecule has 0 bridgehead atoms. The summed E-state index contributed by atoms with van der Waals surface area (Å²) in [4.78, 5) is 17.6. The molecule has 2 heterocycles. The number of piperazine rings is 1. The van der Waals surface area contributed by atoms with Crippen molar-refractivity contribution in [1.29, 1.82) is 0 Å². The molecule has 4 nitrogen and oxygen atoms in total. The third-order valence-corrected chi connectivity index (χ3v) is 3.37. The average Bonchev–Trinajstić information content (AvgIpc) is 2.65. The van der Waals surface area contributed by atoms with Crippen molar-refractivity contribution in [3.63, 3.8) is 0 Å². The molecule has 1 N–H and O–H groups in total. The lowest BCUT2D eigenvalue weighted by Crippen LogP contribution is -2.47. The van der Waals surface area contributed by atoms with Crippen LogP contribution >= 0.6 is 22.9 Å². The quantitative estimate of drug-likeness (QED) is 0.802. The van der Waals surface area contributed by atoms with Gasteiger partial charge in [0.2, 0.25) is 5.91 Å². The smallest absolute Gasteiger partial charge is 0.234 e. The van der Waals surface area contributed by atoms with E-state index in [4.69, 9.17) is 11.6 Å². The Bertz CT molecular complexity index is 355. The van der Waals surface area contributed by atoms with Crippen LogP contribution in [-0.2, 0) is 17.2 Å². The summed E-state index contributed by atoms with van der Waals surface area (Å²) in [5.41, 5.74) is 0.915. The first-order chi connectivity index (χ1) is 7.28. The highest BCUT2D eigenvalue weighted by molar-refractivity contribution is 7.09. The van der Waals surface area contributed by atoms with Crippen molar-refractivity contribution < 1.29 is 4.79 Å². The van der Waals surface area contributed by atoms with Crippen LogP contribution in [0.1, 0.15) is 10.7 Å². The molecule has 15 heavy (non-hydrogen) atoms. The number of amides is 1. The van der Waals surface area contributed by atoms with E-state index in [1.54, 1.807) is 11.3 Å². The topological polar surface area (TPSA) is 45.2 Å². The van der Waals surface area contributed by atoms with Gasteiger partial charge in [-0.1, -0.05) is 0 Å². The van der Waals surface area contributed by atoms with E-state index in [0.717, 1.165) is 30.3 Å². The minimum Gasteiger partial charge on any atom is -0.354 e. The van der Waals surface area contributed by atoms with Gasteiger partial charge in [-0.3, -0.25) is 9.69 Å². The normalized spacial score (nSPS) is 17.8. The lowest BCUT2D eigenvalue weighted by atomic mass is 10.3. The number of nitrogens with zero attached hydrogens (tertiary/aromatic N) is 2. The van der Waals surface area contributed by atoms with Crippen LogP contribution in [0.3, 0.4) is 0 Å². The van der Waals surface area contributed by atoms with E-state index in [9.17, 15) is 4.79 Å². The third-order valence-electron chi connectivity index (χ3n) is 2.21. The standard InChI is InChI=1S/C9H12ClN3OS/c10-3-7-6-15-9(12-7)5-13-2-1-11-8(14)4-13/h6H,1-5H2,(H,11,14). The maximum atomic E-state index is 11.1. The van der Waals surface area contributed by atoms with Gasteiger partial charge < -0.3 is 5.32 Å². The molecule has 0 atom stereocenters. The van der Waals surface area contributed by atoms with Gasteiger partial charge in [-0.2, -0.15) is 0 Å². The minimum absolute atomic E-state index is 0.0929. The predicted molar refractivity (Wildman–Crippen MR) is 60.0 cm³/mol. The van der Waals surface area contributed by atoms with Crippen LogP contribution in [0.25, 0.3) is 0 Å². The fraction of sp³-hybridized carbons (Fsp3) is 0.556. The first-order valence-corrected chi connectivity index (χ1v) is 6.17. The number of halogens is 1. The molecular formula is C9H12ClN3OS. The van der Waals surface area contributed by atoms with Crippen LogP contribution in [0.5, 0.6) is 0 Å². The molecule has 6 heteroatoms. The number of hydrogen-bond donors (Lipinski definition) is 1. The summed E-state index contributed by atoms with van der Waals surface area (Å²) in [7, 11) is 0. The van der Waals surface area contributed by atoms with Crippen molar-refractivity contribution in [3.8, 4) is 0 Å². The average molecular weight is 246 g/mol. The summed E-state index contributed by atoms with van der Waals surface area (Å²) in [6, 6.07) is 0. The molecule has 1 aromatic heterocycles. The highest BCUT2D eigenvalue weighted by Gasteiger charge is 2.17. The van der Waals surface area contributed by atoms with E-state index in [1.807, 2.05) is 5.38 Å². The Labute approximate surface area is 97.2 Å². The molecule has 1 amide bonds. The SMILES string of the molecule is O=C1CN(Cc2nc(CCl)cs2)CCN1. The molecule has 2 rings (SSSR count). The largest absolute Gasteiger partial charge is 0.354 e. The summed E-state index contributed by atoms with van der Waals surface area (Å²) in [5.74, 6) is 0.548. The van der Waals surface area contributed by atoms with E-state index in [-0.39, 0.29) is 5.91 Å². The molecule has 1 saturated heterocycles. The molecular weight excluding hydrogens is 234 g/mol. The molecule has 1 fully saturated rings. The minimum atomic E-state index is 0.0929. The van der Waals surface area contributed by atoms with E-state index in [2.05, 4.69) is 15.2 Å². The van der Waals surface area contributed by atoms with Gasteiger partial charge in [-0.05, 0) is 0 Å². The summed E-state index contributed by atoms with van der Waals surface area (Å²) in [6.45, 7) is 2.83. The van der Waals surface area contributed by atoms with E-state index in [1.165, 1.54) is 0 Å². The van der Waals surface area contributed by atoms with Gasteiger partial charge in [0.25, 0.3) is 0 Å². The van der Waals surface area contributed by atoms with E-state index in [0.29, 0.717) is 12.4 Å². The zero-order valence-electron chi connectivity index (χ0n) is 8.20. The Hall–Kier alpha value is -0.650. The van der Waals surface area contributed by atoms with E-state index < -0.39 is 0 Å². The monoisotopic (exact) mass is 245 g/mol. The van der Waals surface area contributed by atoms with Crippen molar-refractivity contribution in [1.82, 2.24) is 15.2 Å². The fourth-order valence-electron chi connectivity index (χ4n) is 1.50. The Morgan fingerprint density at radius 1 is 1.67 bits per heavy atom. The second-order valence-electron chi connectivity index (χ2n) is 3.43. The fourth-order valence-corrected chi connectivity index (χ4v) is 2.56. The van der Waals surface area contributed by atoms with Crippen LogP contribution in [-0.4, -0.2) is 35.4 Å². The molecule has 1 aromatic rings. The van der Waals surface area contributed by atoms with Gasteiger partial charge in [-0.25, -0.2) is 4.98 Å². The van der Waals surface area contributed by atoms with Crippen molar-refractivity contribution in [3.05, 3.63) is 16.1 Å². The van der Waals surface area contributed by atoms with Crippen LogP contribution in [0.15, 0.2) is 5.38 Å². The number of rotatable bonds is 3. The Balaban J connectivity index is 1.93. The Morgan fingerprint density at radius 2 is 2.53 bits per heavy atom. The van der Waals surface area contributed by atoms with Gasteiger partial charge in [0.05, 0.1) is 24.7 Å². The van der Waals surface area contributed by atoms with Crippen LogP contribution in [0.4, 0.5) is 0 Å². The van der Waals surface area contributed by atoms with Crippen LogP contribution in [0.2, 0.25) is 0 Å². The first kappa shape index (κ1) is 10.9. The number of alkyl halides is 1. The summed E-state index contributed by atoms with van der Waals surface area (Å²) >= 11 is 7.27. The number of carbonyl (C=O) groups excluding carboxylic acids is 1. The Kier molecular flexibility index (Phi) is 3.56. The number of thiazole rings is 1. The van der Waals surface area contributed by atoms with Crippen molar-refractivity contribution in [2.24, 2.45) is 0 Å². The van der Waals surface area contributed by atoms with Gasteiger partial charge >= 0.3 is 0 Å². The van der Waals surface area contributed by atoms with E-state index >= 15 is 0 Å². The molecule has 0 spiro atoms. The molecule has 1 aliphatic heterocycles. The molecule has 0 aromatic carbocycles. The molecule has 0 aliphatic carbocycles. The maximum Gasteiger partial charge on any atom is 0.234 e. The summed E-state index contributed by atoms with van der Waals surface area (Å²) < 4.78 is 0. The number of nitrogens with one attached hydrogen (secondary N) is 1. The molecule has 82 valence electrons. The van der Waals surface area contributed by atoms with Crippen LogP contribution < -0.4 is 5.32 Å². The molecule has 0 unspecified atom stereocenters. The number of hydrogen-bond acceptors (Lipinski definition) is 4. The first-order valence-electron chi connectivity index (χ1n) is 4.76. The van der Waals surface area contributed by atoms with Crippen molar-refractivity contribution in [2.75, 3.05) is 19.6 Å². The van der Waals surface area contributed by atoms with Crippen LogP contribution in [0, 0.1) is 0 Å². The Morgan fingerprint density at radius 3 is 3.20 bits per heavy atom. The second kappa shape index (κ2) is 4.92. The zero-order valence-corrected chi connectivity index (χ0v) is 9.77. The van der Waals surface area contributed by atoms with Gasteiger partial charge in [0.15, 0.2) is 0 Å². The van der Waals surface area contributed by atoms with Crippen molar-refractivity contribution in [2.45, 2.75) is 12.4 Å². The molecule has 1 aliphatic rings. The summed E-state index contributed by atoms with van der Waals surface area (Å²) in [6.07, 6.45) is 0. The lowest BCUT2D eigenvalue weighted by molar-refractivity contribution is -0.124. The predicted octanol–water partition coefficient (Wildman–Crippen LogP) is 0.814. The number of aromatic nitrogens is 1. The number of carbonyl (C=O) groups is 1. The van der Waals surface area contributed by atoms with Crippen molar-refractivity contribution >= 4 is 28.8 Å². The summed E-state index contributed by atoms with van der Waals surface area (Å²) in [5, 5.41) is 5.79. The lowest BCUT2D eigenvalue weighted by Gasteiger charge is -2.25. The van der Waals surface area contributed by atoms with Gasteiger partial charge in [0, 0.05) is 18.5 Å². The zero-order chi connectivity index (χ0) is 10.7. The third kappa shape index (κ3) is 2.90.